The fourth-order valence-electron chi connectivity index (χ4n) is 2.16. The summed E-state index contributed by atoms with van der Waals surface area (Å²) < 4.78 is 5.09. The Hall–Kier alpha value is -2.29. The SMILES string of the molecule is COc1ccc(NC(=O)Nc2nnc(CSCc3ccccc3Cl)s2)cc1. The predicted molar refractivity (Wildman–Crippen MR) is 112 cm³/mol. The number of ether oxygens (including phenoxy) is 1. The summed E-state index contributed by atoms with van der Waals surface area (Å²) in [6, 6.07) is 14.5. The highest BCUT2D eigenvalue weighted by molar-refractivity contribution is 7.97. The summed E-state index contributed by atoms with van der Waals surface area (Å²) in [5, 5.41) is 15.6. The summed E-state index contributed by atoms with van der Waals surface area (Å²) >= 11 is 9.20. The van der Waals surface area contributed by atoms with Crippen molar-refractivity contribution in [1.82, 2.24) is 10.2 Å². The monoisotopic (exact) mass is 420 g/mol. The normalized spacial score (nSPS) is 10.4. The number of halogens is 1. The van der Waals surface area contributed by atoms with Crippen LogP contribution in [0.2, 0.25) is 5.02 Å². The zero-order valence-corrected chi connectivity index (χ0v) is 16.8. The van der Waals surface area contributed by atoms with Crippen molar-refractivity contribution in [3.63, 3.8) is 0 Å². The van der Waals surface area contributed by atoms with Crippen molar-refractivity contribution < 1.29 is 9.53 Å². The molecular formula is C18H17ClN4O2S2. The Labute approximate surface area is 170 Å². The maximum absolute atomic E-state index is 12.0. The van der Waals surface area contributed by atoms with E-state index in [1.165, 1.54) is 11.3 Å². The number of anilines is 2. The van der Waals surface area contributed by atoms with Gasteiger partial charge < -0.3 is 10.1 Å². The van der Waals surface area contributed by atoms with Crippen LogP contribution in [0.3, 0.4) is 0 Å². The van der Waals surface area contributed by atoms with E-state index in [0.29, 0.717) is 16.6 Å². The first kappa shape index (κ1) is 19.5. The van der Waals surface area contributed by atoms with Gasteiger partial charge in [0.25, 0.3) is 0 Å². The summed E-state index contributed by atoms with van der Waals surface area (Å²) in [5.74, 6) is 2.22. The van der Waals surface area contributed by atoms with E-state index in [0.717, 1.165) is 27.1 Å². The number of carbonyl (C=O) groups is 1. The molecule has 0 bridgehead atoms. The summed E-state index contributed by atoms with van der Waals surface area (Å²) in [6.45, 7) is 0. The van der Waals surface area contributed by atoms with E-state index >= 15 is 0 Å². The lowest BCUT2D eigenvalue weighted by molar-refractivity contribution is 0.262. The molecule has 3 aromatic rings. The van der Waals surface area contributed by atoms with E-state index in [4.69, 9.17) is 16.3 Å². The van der Waals surface area contributed by atoms with Crippen molar-refractivity contribution in [3.8, 4) is 5.75 Å². The second kappa shape index (κ2) is 9.59. The third kappa shape index (κ3) is 5.85. The van der Waals surface area contributed by atoms with Crippen LogP contribution in [0.15, 0.2) is 48.5 Å². The number of benzene rings is 2. The van der Waals surface area contributed by atoms with Crippen LogP contribution >= 0.6 is 34.7 Å². The first-order chi connectivity index (χ1) is 13.1. The average molecular weight is 421 g/mol. The standard InChI is InChI=1S/C18H17ClN4O2S2/c1-25-14-8-6-13(7-9-14)20-17(24)21-18-23-22-16(27-18)11-26-10-12-4-2-3-5-15(12)19/h2-9H,10-11H2,1H3,(H2,20,21,23,24). The maximum atomic E-state index is 12.0. The van der Waals surface area contributed by atoms with Crippen LogP contribution in [0.25, 0.3) is 0 Å². The molecule has 1 heterocycles. The van der Waals surface area contributed by atoms with E-state index in [1.54, 1.807) is 43.1 Å². The molecule has 6 nitrogen and oxygen atoms in total. The van der Waals surface area contributed by atoms with Gasteiger partial charge in [0.1, 0.15) is 10.8 Å². The molecule has 0 fully saturated rings. The third-order valence-corrected chi connectivity index (χ3v) is 5.86. The smallest absolute Gasteiger partial charge is 0.325 e. The van der Waals surface area contributed by atoms with E-state index < -0.39 is 0 Å². The topological polar surface area (TPSA) is 76.1 Å². The molecule has 1 aromatic heterocycles. The zero-order chi connectivity index (χ0) is 19.1. The zero-order valence-electron chi connectivity index (χ0n) is 14.4. The lowest BCUT2D eigenvalue weighted by Gasteiger charge is -2.05. The van der Waals surface area contributed by atoms with Crippen LogP contribution in [0.5, 0.6) is 5.75 Å². The third-order valence-electron chi connectivity index (χ3n) is 3.48. The van der Waals surface area contributed by atoms with Gasteiger partial charge in [-0.3, -0.25) is 5.32 Å². The second-order valence-electron chi connectivity index (χ2n) is 5.39. The van der Waals surface area contributed by atoms with Gasteiger partial charge in [-0.25, -0.2) is 4.79 Å². The second-order valence-corrected chi connectivity index (χ2v) is 7.85. The molecular weight excluding hydrogens is 404 g/mol. The van der Waals surface area contributed by atoms with Crippen molar-refractivity contribution in [2.24, 2.45) is 0 Å². The summed E-state index contributed by atoms with van der Waals surface area (Å²) in [7, 11) is 1.59. The molecule has 0 saturated carbocycles. The Balaban J connectivity index is 1.47. The van der Waals surface area contributed by atoms with Gasteiger partial charge in [-0.2, -0.15) is 0 Å². The molecule has 3 rings (SSSR count). The van der Waals surface area contributed by atoms with Gasteiger partial charge in [-0.05, 0) is 35.9 Å². The molecule has 0 saturated heterocycles. The maximum Gasteiger partial charge on any atom is 0.325 e. The van der Waals surface area contributed by atoms with E-state index in [2.05, 4.69) is 20.8 Å². The number of hydrogen-bond donors (Lipinski definition) is 2. The average Bonchev–Trinajstić information content (AvgIpc) is 3.11. The number of methoxy groups -OCH3 is 1. The van der Waals surface area contributed by atoms with Gasteiger partial charge in [-0.1, -0.05) is 41.1 Å². The van der Waals surface area contributed by atoms with Crippen LogP contribution < -0.4 is 15.4 Å². The number of rotatable bonds is 7. The van der Waals surface area contributed by atoms with E-state index in [1.807, 2.05) is 24.3 Å². The largest absolute Gasteiger partial charge is 0.497 e. The van der Waals surface area contributed by atoms with Gasteiger partial charge in [0.15, 0.2) is 0 Å². The molecule has 2 amide bonds. The van der Waals surface area contributed by atoms with Crippen molar-refractivity contribution in [1.29, 1.82) is 0 Å². The van der Waals surface area contributed by atoms with E-state index in [9.17, 15) is 4.79 Å². The first-order valence-electron chi connectivity index (χ1n) is 7.99. The Morgan fingerprint density at radius 2 is 1.89 bits per heavy atom. The summed E-state index contributed by atoms with van der Waals surface area (Å²) in [5.41, 5.74) is 1.75. The lowest BCUT2D eigenvalue weighted by Crippen LogP contribution is -2.19. The minimum absolute atomic E-state index is 0.369. The minimum Gasteiger partial charge on any atom is -0.497 e. The Morgan fingerprint density at radius 3 is 2.63 bits per heavy atom. The van der Waals surface area contributed by atoms with Crippen molar-refractivity contribution in [2.45, 2.75) is 11.5 Å². The van der Waals surface area contributed by atoms with Gasteiger partial charge in [0.2, 0.25) is 5.13 Å². The highest BCUT2D eigenvalue weighted by Crippen LogP contribution is 2.25. The number of aromatic nitrogens is 2. The molecule has 0 aliphatic heterocycles. The minimum atomic E-state index is -0.369. The number of nitrogens with zero attached hydrogens (tertiary/aromatic N) is 2. The lowest BCUT2D eigenvalue weighted by atomic mass is 10.2. The van der Waals surface area contributed by atoms with Crippen LogP contribution in [-0.2, 0) is 11.5 Å². The first-order valence-corrected chi connectivity index (χ1v) is 10.3. The van der Waals surface area contributed by atoms with Crippen molar-refractivity contribution in [3.05, 3.63) is 64.1 Å². The fraction of sp³-hybridized carbons (Fsp3) is 0.167. The summed E-state index contributed by atoms with van der Waals surface area (Å²) in [4.78, 5) is 12.0. The molecule has 0 radical (unpaired) electrons. The number of hydrogen-bond acceptors (Lipinski definition) is 6. The molecule has 2 aromatic carbocycles. The number of amides is 2. The molecule has 0 unspecified atom stereocenters. The van der Waals surface area contributed by atoms with Crippen molar-refractivity contribution >= 4 is 51.5 Å². The number of thioether (sulfide) groups is 1. The molecule has 0 aliphatic rings. The van der Waals surface area contributed by atoms with Crippen LogP contribution in [-0.4, -0.2) is 23.3 Å². The molecule has 0 spiro atoms. The van der Waals surface area contributed by atoms with Gasteiger partial charge in [-0.15, -0.1) is 22.0 Å². The summed E-state index contributed by atoms with van der Waals surface area (Å²) in [6.07, 6.45) is 0. The molecule has 2 N–H and O–H groups in total. The Morgan fingerprint density at radius 1 is 1.11 bits per heavy atom. The molecule has 27 heavy (non-hydrogen) atoms. The van der Waals surface area contributed by atoms with Crippen LogP contribution in [0, 0.1) is 0 Å². The van der Waals surface area contributed by atoms with Crippen molar-refractivity contribution in [2.75, 3.05) is 17.7 Å². The van der Waals surface area contributed by atoms with Gasteiger partial charge in [0, 0.05) is 22.2 Å². The Bertz CT molecular complexity index is 902. The quantitative estimate of drug-likeness (QED) is 0.544. The van der Waals surface area contributed by atoms with E-state index in [-0.39, 0.29) is 6.03 Å². The molecule has 0 atom stereocenters. The predicted octanol–water partition coefficient (Wildman–Crippen LogP) is 5.28. The Kier molecular flexibility index (Phi) is 6.92. The fourth-order valence-corrected chi connectivity index (χ4v) is 4.26. The van der Waals surface area contributed by atoms with Crippen LogP contribution in [0.4, 0.5) is 15.6 Å². The van der Waals surface area contributed by atoms with Crippen LogP contribution in [0.1, 0.15) is 10.6 Å². The van der Waals surface area contributed by atoms with Gasteiger partial charge in [0.05, 0.1) is 7.11 Å². The highest BCUT2D eigenvalue weighted by Gasteiger charge is 2.09. The number of urea groups is 1. The highest BCUT2D eigenvalue weighted by atomic mass is 35.5. The van der Waals surface area contributed by atoms with Gasteiger partial charge >= 0.3 is 6.03 Å². The number of nitrogens with one attached hydrogen (secondary N) is 2. The number of carbonyl (C=O) groups excluding carboxylic acids is 1. The molecule has 9 heteroatoms. The molecule has 0 aliphatic carbocycles. The molecule has 140 valence electrons.